The average Bonchev–Trinajstić information content (AvgIpc) is 2.63. The summed E-state index contributed by atoms with van der Waals surface area (Å²) < 4.78 is 0. The zero-order valence-electron chi connectivity index (χ0n) is 12.7. The fourth-order valence-corrected chi connectivity index (χ4v) is 2.71. The van der Waals surface area contributed by atoms with Crippen LogP contribution in [0.15, 0.2) is 73.2 Å². The lowest BCUT2D eigenvalue weighted by atomic mass is 10.1. The van der Waals surface area contributed by atoms with Crippen LogP contribution in [0, 0.1) is 0 Å². The number of aromatic nitrogens is 2. The molecule has 0 saturated heterocycles. The highest BCUT2D eigenvalue weighted by Crippen LogP contribution is 2.30. The van der Waals surface area contributed by atoms with Crippen molar-refractivity contribution in [2.24, 2.45) is 0 Å². The van der Waals surface area contributed by atoms with Gasteiger partial charge in [0, 0.05) is 35.1 Å². The Morgan fingerprint density at radius 1 is 0.875 bits per heavy atom. The van der Waals surface area contributed by atoms with Crippen LogP contribution in [0.2, 0.25) is 0 Å². The van der Waals surface area contributed by atoms with Gasteiger partial charge < -0.3 is 10.6 Å². The lowest BCUT2D eigenvalue weighted by Crippen LogP contribution is -2.19. The van der Waals surface area contributed by atoms with Crippen molar-refractivity contribution in [3.05, 3.63) is 73.2 Å². The van der Waals surface area contributed by atoms with Gasteiger partial charge in [-0.2, -0.15) is 0 Å². The molecule has 116 valence electrons. The highest BCUT2D eigenvalue weighted by molar-refractivity contribution is 6.14. The van der Waals surface area contributed by atoms with Crippen LogP contribution in [0.4, 0.5) is 16.2 Å². The molecule has 0 atom stereocenters. The maximum Gasteiger partial charge on any atom is 0.323 e. The summed E-state index contributed by atoms with van der Waals surface area (Å²) in [5, 5.41) is 8.55. The monoisotopic (exact) mass is 314 g/mol. The number of fused-ring (bicyclic) bond motifs is 3. The van der Waals surface area contributed by atoms with E-state index in [0.717, 1.165) is 27.4 Å². The molecule has 2 heterocycles. The topological polar surface area (TPSA) is 66.9 Å². The number of amides is 2. The van der Waals surface area contributed by atoms with Crippen molar-refractivity contribution in [3.63, 3.8) is 0 Å². The minimum atomic E-state index is -0.292. The van der Waals surface area contributed by atoms with Gasteiger partial charge in [-0.1, -0.05) is 18.2 Å². The van der Waals surface area contributed by atoms with Gasteiger partial charge in [0.15, 0.2) is 0 Å². The molecular weight excluding hydrogens is 300 g/mol. The highest BCUT2D eigenvalue weighted by atomic mass is 16.2. The summed E-state index contributed by atoms with van der Waals surface area (Å²) in [4.78, 5) is 20.9. The molecule has 0 saturated carbocycles. The predicted molar refractivity (Wildman–Crippen MR) is 96.1 cm³/mol. The van der Waals surface area contributed by atoms with Crippen LogP contribution in [0.25, 0.3) is 21.7 Å². The number of hydrogen-bond acceptors (Lipinski definition) is 3. The van der Waals surface area contributed by atoms with Crippen molar-refractivity contribution in [1.82, 2.24) is 9.97 Å². The lowest BCUT2D eigenvalue weighted by molar-refractivity contribution is 0.262. The number of pyridine rings is 2. The van der Waals surface area contributed by atoms with Gasteiger partial charge in [0.1, 0.15) is 0 Å². The summed E-state index contributed by atoms with van der Waals surface area (Å²) in [6, 6.07) is 16.7. The summed E-state index contributed by atoms with van der Waals surface area (Å²) >= 11 is 0. The number of hydrogen-bond donors (Lipinski definition) is 2. The Balaban J connectivity index is 1.74. The zero-order chi connectivity index (χ0) is 16.4. The maximum absolute atomic E-state index is 12.3. The number of nitrogens with one attached hydrogen (secondary N) is 2. The van der Waals surface area contributed by atoms with Crippen LogP contribution in [0.3, 0.4) is 0 Å². The second kappa shape index (κ2) is 5.96. The van der Waals surface area contributed by atoms with Crippen molar-refractivity contribution in [2.45, 2.75) is 0 Å². The van der Waals surface area contributed by atoms with E-state index in [4.69, 9.17) is 0 Å². The number of anilines is 2. The molecule has 2 amide bonds. The van der Waals surface area contributed by atoms with Gasteiger partial charge in [-0.15, -0.1) is 0 Å². The standard InChI is InChI=1S/C19H14N4O/c24-19(22-14-5-2-1-3-6-14)23-17-11-13-8-10-20-12-16(13)18-15(17)7-4-9-21-18/h1-12H,(H2,22,23,24). The predicted octanol–water partition coefficient (Wildman–Crippen LogP) is 4.43. The molecule has 24 heavy (non-hydrogen) atoms. The van der Waals surface area contributed by atoms with E-state index in [1.165, 1.54) is 0 Å². The SMILES string of the molecule is O=C(Nc1ccccc1)Nc1cc2ccncc2c2ncccc12. The number of carbonyl (C=O) groups excluding carboxylic acids is 1. The molecule has 0 unspecified atom stereocenters. The van der Waals surface area contributed by atoms with Crippen LogP contribution >= 0.6 is 0 Å². The molecule has 4 aromatic rings. The molecular formula is C19H14N4O. The van der Waals surface area contributed by atoms with Crippen molar-refractivity contribution in [3.8, 4) is 0 Å². The molecule has 2 aromatic heterocycles. The Bertz CT molecular complexity index is 1030. The first kappa shape index (κ1) is 14.1. The number of benzene rings is 2. The second-order valence-corrected chi connectivity index (χ2v) is 5.37. The van der Waals surface area contributed by atoms with Gasteiger partial charge >= 0.3 is 6.03 Å². The van der Waals surface area contributed by atoms with Gasteiger partial charge in [0.05, 0.1) is 11.2 Å². The van der Waals surface area contributed by atoms with Crippen molar-refractivity contribution >= 4 is 39.1 Å². The minimum absolute atomic E-state index is 0.292. The van der Waals surface area contributed by atoms with E-state index < -0.39 is 0 Å². The van der Waals surface area contributed by atoms with Crippen LogP contribution < -0.4 is 10.6 Å². The largest absolute Gasteiger partial charge is 0.323 e. The summed E-state index contributed by atoms with van der Waals surface area (Å²) in [6.45, 7) is 0. The third kappa shape index (κ3) is 2.63. The van der Waals surface area contributed by atoms with E-state index in [-0.39, 0.29) is 6.03 Å². The molecule has 0 fully saturated rings. The third-order valence-corrected chi connectivity index (χ3v) is 3.79. The van der Waals surface area contributed by atoms with Gasteiger partial charge in [0.25, 0.3) is 0 Å². The van der Waals surface area contributed by atoms with Gasteiger partial charge in [-0.05, 0) is 41.8 Å². The first-order chi connectivity index (χ1) is 11.8. The molecule has 2 N–H and O–H groups in total. The highest BCUT2D eigenvalue weighted by Gasteiger charge is 2.10. The molecule has 4 rings (SSSR count). The molecule has 5 heteroatoms. The summed E-state index contributed by atoms with van der Waals surface area (Å²) in [6.07, 6.45) is 5.26. The van der Waals surface area contributed by atoms with Crippen LogP contribution in [-0.2, 0) is 0 Å². The van der Waals surface area contributed by atoms with E-state index in [2.05, 4.69) is 20.6 Å². The molecule has 2 aromatic carbocycles. The molecule has 0 bridgehead atoms. The normalized spacial score (nSPS) is 10.7. The molecule has 0 aliphatic heterocycles. The number of para-hydroxylation sites is 1. The van der Waals surface area contributed by atoms with Gasteiger partial charge in [-0.25, -0.2) is 4.79 Å². The van der Waals surface area contributed by atoms with Gasteiger partial charge in [-0.3, -0.25) is 9.97 Å². The summed E-state index contributed by atoms with van der Waals surface area (Å²) in [5.74, 6) is 0. The zero-order valence-corrected chi connectivity index (χ0v) is 12.7. The number of carbonyl (C=O) groups is 1. The van der Waals surface area contributed by atoms with Crippen LogP contribution in [0.1, 0.15) is 0 Å². The molecule has 5 nitrogen and oxygen atoms in total. The lowest BCUT2D eigenvalue weighted by Gasteiger charge is -2.12. The van der Waals surface area contributed by atoms with Crippen molar-refractivity contribution < 1.29 is 4.79 Å². The van der Waals surface area contributed by atoms with E-state index in [0.29, 0.717) is 5.69 Å². The average molecular weight is 314 g/mol. The Morgan fingerprint density at radius 2 is 1.75 bits per heavy atom. The first-order valence-corrected chi connectivity index (χ1v) is 7.56. The van der Waals surface area contributed by atoms with Crippen LogP contribution in [0.5, 0.6) is 0 Å². The molecule has 0 spiro atoms. The number of nitrogens with zero attached hydrogens (tertiary/aromatic N) is 2. The van der Waals surface area contributed by atoms with E-state index >= 15 is 0 Å². The Hall–Kier alpha value is -3.47. The van der Waals surface area contributed by atoms with Crippen LogP contribution in [-0.4, -0.2) is 16.0 Å². The summed E-state index contributed by atoms with van der Waals surface area (Å²) in [7, 11) is 0. The Morgan fingerprint density at radius 3 is 2.62 bits per heavy atom. The smallest absolute Gasteiger partial charge is 0.308 e. The minimum Gasteiger partial charge on any atom is -0.308 e. The molecule has 0 aliphatic carbocycles. The van der Waals surface area contributed by atoms with Crippen molar-refractivity contribution in [2.75, 3.05) is 10.6 Å². The maximum atomic E-state index is 12.3. The first-order valence-electron chi connectivity index (χ1n) is 7.56. The summed E-state index contributed by atoms with van der Waals surface area (Å²) in [5.41, 5.74) is 2.27. The van der Waals surface area contributed by atoms with Gasteiger partial charge in [0.2, 0.25) is 0 Å². The second-order valence-electron chi connectivity index (χ2n) is 5.37. The fourth-order valence-electron chi connectivity index (χ4n) is 2.71. The van der Waals surface area contributed by atoms with E-state index in [1.807, 2.05) is 54.6 Å². The third-order valence-electron chi connectivity index (χ3n) is 3.79. The molecule has 0 radical (unpaired) electrons. The Labute approximate surface area is 138 Å². The Kier molecular flexibility index (Phi) is 3.51. The van der Waals surface area contributed by atoms with Crippen molar-refractivity contribution in [1.29, 1.82) is 0 Å². The molecule has 0 aliphatic rings. The van der Waals surface area contributed by atoms with E-state index in [9.17, 15) is 4.79 Å². The quantitative estimate of drug-likeness (QED) is 0.538. The van der Waals surface area contributed by atoms with E-state index in [1.54, 1.807) is 18.6 Å². The number of rotatable bonds is 2. The number of urea groups is 1. The fraction of sp³-hybridized carbons (Fsp3) is 0.